The van der Waals surface area contributed by atoms with Gasteiger partial charge in [-0.1, -0.05) is 49.7 Å². The van der Waals surface area contributed by atoms with Crippen LogP contribution in [0.5, 0.6) is 0 Å². The molecule has 0 aliphatic heterocycles. The lowest BCUT2D eigenvalue weighted by Gasteiger charge is -2.27. The zero-order valence-electron chi connectivity index (χ0n) is 18.0. The Bertz CT molecular complexity index is 1530. The van der Waals surface area contributed by atoms with Gasteiger partial charge in [0.2, 0.25) is 0 Å². The lowest BCUT2D eigenvalue weighted by atomic mass is 9.76. The Morgan fingerprint density at radius 3 is 2.44 bits per heavy atom. The highest BCUT2D eigenvalue weighted by atomic mass is 35.5. The fourth-order valence-corrected chi connectivity index (χ4v) is 5.76. The Morgan fingerprint density at radius 1 is 1.00 bits per heavy atom. The molecule has 7 heteroatoms. The number of fused-ring (bicyclic) bond motifs is 5. The molecule has 5 rings (SSSR count). The molecule has 3 aromatic carbocycles. The van der Waals surface area contributed by atoms with Crippen molar-refractivity contribution in [2.24, 2.45) is 5.41 Å². The normalized spacial score (nSPS) is 15.8. The predicted molar refractivity (Wildman–Crippen MR) is 127 cm³/mol. The summed E-state index contributed by atoms with van der Waals surface area (Å²) in [7, 11) is -3.87. The number of hydrogen-bond donors (Lipinski definition) is 1. The summed E-state index contributed by atoms with van der Waals surface area (Å²) in [6.07, 6.45) is 1.08. The first-order valence-corrected chi connectivity index (χ1v) is 12.2. The van der Waals surface area contributed by atoms with E-state index >= 15 is 0 Å². The van der Waals surface area contributed by atoms with Crippen molar-refractivity contribution < 1.29 is 17.6 Å². The minimum absolute atomic E-state index is 0.0208. The average molecular weight is 468 g/mol. The number of halogens is 1. The van der Waals surface area contributed by atoms with E-state index in [-0.39, 0.29) is 16.1 Å². The number of benzene rings is 3. The lowest BCUT2D eigenvalue weighted by Crippen LogP contribution is -2.25. The summed E-state index contributed by atoms with van der Waals surface area (Å²) in [5, 5.41) is 2.61. The van der Waals surface area contributed by atoms with E-state index in [1.807, 2.05) is 38.1 Å². The summed E-state index contributed by atoms with van der Waals surface area (Å²) < 4.78 is 35.3. The third kappa shape index (κ3) is 3.38. The fraction of sp³-hybridized carbons (Fsp3) is 0.240. The Morgan fingerprint density at radius 2 is 1.72 bits per heavy atom. The van der Waals surface area contributed by atoms with Gasteiger partial charge in [0.1, 0.15) is 11.3 Å². The molecular weight excluding hydrogens is 446 g/mol. The second-order valence-corrected chi connectivity index (χ2v) is 11.3. The van der Waals surface area contributed by atoms with Crippen molar-refractivity contribution in [1.29, 1.82) is 0 Å². The Balaban J connectivity index is 1.72. The standard InChI is InChI=1S/C25H22ClNO4S/c1-14-10-15(8-9-19(14)26)32(29,30)27-20-11-18-23-21(28)12-25(2,3)13-22(23)31-24(18)17-7-5-4-6-16(17)20/h4-11,27H,12-13H2,1-3H3. The van der Waals surface area contributed by atoms with Crippen LogP contribution in [-0.2, 0) is 16.4 Å². The minimum Gasteiger partial charge on any atom is -0.460 e. The number of Topliss-reactive ketones (excluding diaryl/α,β-unsaturated/α-hetero) is 1. The fourth-order valence-electron chi connectivity index (χ4n) is 4.49. The SMILES string of the molecule is Cc1cc(S(=O)(=O)Nc2cc3c4c(oc3c3ccccc23)CC(C)(C)CC4=O)ccc1Cl. The molecule has 1 N–H and O–H groups in total. The summed E-state index contributed by atoms with van der Waals surface area (Å²) >= 11 is 6.07. The molecule has 1 aliphatic rings. The van der Waals surface area contributed by atoms with Crippen LogP contribution < -0.4 is 4.72 Å². The molecule has 1 aromatic heterocycles. The van der Waals surface area contributed by atoms with Gasteiger partial charge in [-0.25, -0.2) is 8.42 Å². The number of furan rings is 1. The zero-order valence-corrected chi connectivity index (χ0v) is 19.5. The molecular formula is C25H22ClNO4S. The number of carbonyl (C=O) groups is 1. The zero-order chi connectivity index (χ0) is 22.8. The van der Waals surface area contributed by atoms with Gasteiger partial charge in [-0.3, -0.25) is 9.52 Å². The van der Waals surface area contributed by atoms with Gasteiger partial charge in [-0.15, -0.1) is 0 Å². The van der Waals surface area contributed by atoms with E-state index in [0.717, 1.165) is 5.39 Å². The molecule has 1 aliphatic carbocycles. The first-order valence-electron chi connectivity index (χ1n) is 10.3. The van der Waals surface area contributed by atoms with Gasteiger partial charge in [0.25, 0.3) is 10.0 Å². The minimum atomic E-state index is -3.87. The van der Waals surface area contributed by atoms with Crippen LogP contribution in [0, 0.1) is 12.3 Å². The summed E-state index contributed by atoms with van der Waals surface area (Å²) in [6.45, 7) is 5.85. The maximum atomic E-state index is 13.2. The van der Waals surface area contributed by atoms with Crippen molar-refractivity contribution in [1.82, 2.24) is 0 Å². The van der Waals surface area contributed by atoms with Gasteiger partial charge in [0, 0.05) is 34.0 Å². The van der Waals surface area contributed by atoms with E-state index < -0.39 is 10.0 Å². The number of ketones is 1. The molecule has 0 fully saturated rings. The van der Waals surface area contributed by atoms with Crippen molar-refractivity contribution in [3.63, 3.8) is 0 Å². The van der Waals surface area contributed by atoms with Crippen LogP contribution in [-0.4, -0.2) is 14.2 Å². The monoisotopic (exact) mass is 467 g/mol. The smallest absolute Gasteiger partial charge is 0.261 e. The number of nitrogens with one attached hydrogen (secondary N) is 1. The topological polar surface area (TPSA) is 76.4 Å². The lowest BCUT2D eigenvalue weighted by molar-refractivity contribution is 0.0906. The van der Waals surface area contributed by atoms with Crippen molar-refractivity contribution in [3.05, 3.63) is 70.4 Å². The van der Waals surface area contributed by atoms with Gasteiger partial charge in [-0.05, 0) is 42.2 Å². The molecule has 1 heterocycles. The van der Waals surface area contributed by atoms with Gasteiger partial charge in [-0.2, -0.15) is 0 Å². The quantitative estimate of drug-likeness (QED) is 0.373. The van der Waals surface area contributed by atoms with Crippen LogP contribution in [0.15, 0.2) is 57.8 Å². The molecule has 0 atom stereocenters. The number of rotatable bonds is 3. The van der Waals surface area contributed by atoms with E-state index in [1.54, 1.807) is 19.1 Å². The van der Waals surface area contributed by atoms with Crippen LogP contribution in [0.1, 0.15) is 41.9 Å². The highest BCUT2D eigenvalue weighted by Crippen LogP contribution is 2.43. The van der Waals surface area contributed by atoms with Crippen LogP contribution in [0.25, 0.3) is 21.7 Å². The van der Waals surface area contributed by atoms with Crippen molar-refractivity contribution in [2.75, 3.05) is 4.72 Å². The first-order chi connectivity index (χ1) is 15.1. The van der Waals surface area contributed by atoms with E-state index in [0.29, 0.717) is 56.8 Å². The molecule has 0 radical (unpaired) electrons. The first kappa shape index (κ1) is 21.0. The predicted octanol–water partition coefficient (Wildman–Crippen LogP) is 6.50. The van der Waals surface area contributed by atoms with Crippen molar-refractivity contribution in [3.8, 4) is 0 Å². The maximum Gasteiger partial charge on any atom is 0.261 e. The number of hydrogen-bond acceptors (Lipinski definition) is 4. The Hall–Kier alpha value is -2.83. The van der Waals surface area contributed by atoms with Gasteiger partial charge >= 0.3 is 0 Å². The largest absolute Gasteiger partial charge is 0.460 e. The van der Waals surface area contributed by atoms with Gasteiger partial charge in [0.15, 0.2) is 5.78 Å². The average Bonchev–Trinajstić information content (AvgIpc) is 3.07. The molecule has 0 saturated heterocycles. The van der Waals surface area contributed by atoms with Crippen molar-refractivity contribution in [2.45, 2.75) is 38.5 Å². The molecule has 5 nitrogen and oxygen atoms in total. The van der Waals surface area contributed by atoms with Crippen LogP contribution >= 0.6 is 11.6 Å². The molecule has 4 aromatic rings. The van der Waals surface area contributed by atoms with Crippen molar-refractivity contribution >= 4 is 54.8 Å². The van der Waals surface area contributed by atoms with Crippen LogP contribution in [0.4, 0.5) is 5.69 Å². The molecule has 0 spiro atoms. The number of anilines is 1. The summed E-state index contributed by atoms with van der Waals surface area (Å²) in [5.74, 6) is 0.687. The molecule has 32 heavy (non-hydrogen) atoms. The number of sulfonamides is 1. The number of aryl methyl sites for hydroxylation is 1. The van der Waals surface area contributed by atoms with E-state index in [2.05, 4.69) is 4.72 Å². The van der Waals surface area contributed by atoms with Crippen LogP contribution in [0.2, 0.25) is 5.02 Å². The van der Waals surface area contributed by atoms with Gasteiger partial charge in [0.05, 0.1) is 16.1 Å². The highest BCUT2D eigenvalue weighted by molar-refractivity contribution is 7.92. The van der Waals surface area contributed by atoms with Crippen LogP contribution in [0.3, 0.4) is 0 Å². The summed E-state index contributed by atoms with van der Waals surface area (Å²) in [4.78, 5) is 13.1. The second-order valence-electron chi connectivity index (χ2n) is 9.20. The maximum absolute atomic E-state index is 13.2. The summed E-state index contributed by atoms with van der Waals surface area (Å²) in [5.41, 5.74) is 2.08. The molecule has 0 saturated carbocycles. The van der Waals surface area contributed by atoms with E-state index in [9.17, 15) is 13.2 Å². The summed E-state index contributed by atoms with van der Waals surface area (Å²) in [6, 6.07) is 13.7. The third-order valence-electron chi connectivity index (χ3n) is 6.01. The molecule has 0 bridgehead atoms. The Labute approximate surface area is 191 Å². The molecule has 164 valence electrons. The second kappa shape index (κ2) is 7.09. The van der Waals surface area contributed by atoms with Gasteiger partial charge < -0.3 is 4.42 Å². The van der Waals surface area contributed by atoms with E-state index in [1.165, 1.54) is 12.1 Å². The third-order valence-corrected chi connectivity index (χ3v) is 7.80. The Kier molecular flexibility index (Phi) is 4.66. The molecule has 0 unspecified atom stereocenters. The molecule has 0 amide bonds. The van der Waals surface area contributed by atoms with E-state index in [4.69, 9.17) is 16.0 Å². The number of carbonyl (C=O) groups excluding carboxylic acids is 1. The highest BCUT2D eigenvalue weighted by Gasteiger charge is 2.36.